The van der Waals surface area contributed by atoms with Crippen LogP contribution < -0.4 is 10.9 Å². The molecule has 1 aromatic carbocycles. The van der Waals surface area contributed by atoms with Crippen molar-refractivity contribution in [1.29, 1.82) is 0 Å². The van der Waals surface area contributed by atoms with E-state index in [4.69, 9.17) is 0 Å². The lowest BCUT2D eigenvalue weighted by Gasteiger charge is -2.03. The van der Waals surface area contributed by atoms with E-state index < -0.39 is 5.91 Å². The first kappa shape index (κ1) is 11.0. The van der Waals surface area contributed by atoms with Crippen molar-refractivity contribution in [2.45, 2.75) is 0 Å². The van der Waals surface area contributed by atoms with Crippen LogP contribution in [0, 0.1) is 5.82 Å². The van der Waals surface area contributed by atoms with Gasteiger partial charge in [0.15, 0.2) is 0 Å². The predicted octanol–water partition coefficient (Wildman–Crippen LogP) is 1.16. The second-order valence-corrected chi connectivity index (χ2v) is 3.26. The van der Waals surface area contributed by atoms with Gasteiger partial charge in [-0.15, -0.1) is 0 Å². The minimum Gasteiger partial charge on any atom is -0.325 e. The number of carbonyl (C=O) groups is 1. The summed E-state index contributed by atoms with van der Waals surface area (Å²) in [7, 11) is 0. The molecule has 0 saturated heterocycles. The van der Waals surface area contributed by atoms with Gasteiger partial charge in [-0.1, -0.05) is 0 Å². The van der Waals surface area contributed by atoms with Crippen LogP contribution in [0.3, 0.4) is 0 Å². The van der Waals surface area contributed by atoms with E-state index in [1.807, 2.05) is 0 Å². The standard InChI is InChI=1S/C11H8FN3O2/c12-7-1-3-8(4-2-7)15-11(17)9-5-14-10(16)6-13-9/h1-6H,(H,14,16)(H,15,17). The number of rotatable bonds is 2. The smallest absolute Gasteiger partial charge is 0.275 e. The molecule has 0 spiro atoms. The Hall–Kier alpha value is -2.50. The van der Waals surface area contributed by atoms with Gasteiger partial charge in [-0.25, -0.2) is 9.37 Å². The zero-order valence-corrected chi connectivity index (χ0v) is 8.61. The van der Waals surface area contributed by atoms with E-state index in [1.165, 1.54) is 30.5 Å². The summed E-state index contributed by atoms with van der Waals surface area (Å²) in [6.45, 7) is 0. The second kappa shape index (κ2) is 4.56. The first-order chi connectivity index (χ1) is 8.15. The number of amides is 1. The normalized spacial score (nSPS) is 9.94. The molecule has 0 bridgehead atoms. The average Bonchev–Trinajstić information content (AvgIpc) is 2.33. The maximum atomic E-state index is 12.6. The van der Waals surface area contributed by atoms with Gasteiger partial charge in [0.1, 0.15) is 11.5 Å². The molecule has 1 aromatic heterocycles. The molecule has 2 N–H and O–H groups in total. The first-order valence-electron chi connectivity index (χ1n) is 4.77. The fourth-order valence-corrected chi connectivity index (χ4v) is 1.19. The number of anilines is 1. The van der Waals surface area contributed by atoms with E-state index in [1.54, 1.807) is 0 Å². The Labute approximate surface area is 95.3 Å². The quantitative estimate of drug-likeness (QED) is 0.817. The molecule has 1 heterocycles. The van der Waals surface area contributed by atoms with Gasteiger partial charge in [-0.2, -0.15) is 0 Å². The monoisotopic (exact) mass is 233 g/mol. The van der Waals surface area contributed by atoms with Crippen LogP contribution in [0.1, 0.15) is 10.5 Å². The number of nitrogens with zero attached hydrogens (tertiary/aromatic N) is 1. The lowest BCUT2D eigenvalue weighted by molar-refractivity contribution is 0.102. The zero-order chi connectivity index (χ0) is 12.3. The van der Waals surface area contributed by atoms with Crippen LogP contribution in [0.15, 0.2) is 41.5 Å². The lowest BCUT2D eigenvalue weighted by atomic mass is 10.3. The van der Waals surface area contributed by atoms with Gasteiger partial charge in [0.25, 0.3) is 11.5 Å². The van der Waals surface area contributed by atoms with Gasteiger partial charge in [-0.05, 0) is 24.3 Å². The molecule has 5 nitrogen and oxygen atoms in total. The topological polar surface area (TPSA) is 74.8 Å². The average molecular weight is 233 g/mol. The van der Waals surface area contributed by atoms with E-state index in [-0.39, 0.29) is 17.1 Å². The molecule has 1 amide bonds. The third kappa shape index (κ3) is 2.75. The number of carbonyl (C=O) groups excluding carboxylic acids is 1. The number of nitrogens with one attached hydrogen (secondary N) is 2. The molecule has 0 aliphatic rings. The van der Waals surface area contributed by atoms with Crippen LogP contribution in [0.5, 0.6) is 0 Å². The number of H-pyrrole nitrogens is 1. The van der Waals surface area contributed by atoms with Crippen LogP contribution in [0.2, 0.25) is 0 Å². The number of benzene rings is 1. The maximum absolute atomic E-state index is 12.6. The highest BCUT2D eigenvalue weighted by Gasteiger charge is 2.07. The van der Waals surface area contributed by atoms with Crippen LogP contribution in [0.25, 0.3) is 0 Å². The molecule has 0 fully saturated rings. The molecule has 17 heavy (non-hydrogen) atoms. The molecule has 0 radical (unpaired) electrons. The summed E-state index contributed by atoms with van der Waals surface area (Å²) in [6.07, 6.45) is 2.22. The zero-order valence-electron chi connectivity index (χ0n) is 8.61. The Bertz CT molecular complexity index is 572. The van der Waals surface area contributed by atoms with E-state index in [0.29, 0.717) is 5.69 Å². The Balaban J connectivity index is 2.14. The van der Waals surface area contributed by atoms with Crippen LogP contribution >= 0.6 is 0 Å². The van der Waals surface area contributed by atoms with Crippen molar-refractivity contribution in [3.63, 3.8) is 0 Å². The lowest BCUT2D eigenvalue weighted by Crippen LogP contribution is -2.16. The molecule has 86 valence electrons. The molecule has 0 saturated carbocycles. The van der Waals surface area contributed by atoms with Gasteiger partial charge >= 0.3 is 0 Å². The number of aromatic nitrogens is 2. The van der Waals surface area contributed by atoms with E-state index in [0.717, 1.165) is 6.20 Å². The Kier molecular flexibility index (Phi) is 2.95. The van der Waals surface area contributed by atoms with Crippen molar-refractivity contribution in [2.75, 3.05) is 5.32 Å². The largest absolute Gasteiger partial charge is 0.325 e. The first-order valence-corrected chi connectivity index (χ1v) is 4.77. The highest BCUT2D eigenvalue weighted by molar-refractivity contribution is 6.02. The third-order valence-electron chi connectivity index (χ3n) is 2.01. The highest BCUT2D eigenvalue weighted by Crippen LogP contribution is 2.09. The summed E-state index contributed by atoms with van der Waals surface area (Å²) >= 11 is 0. The third-order valence-corrected chi connectivity index (χ3v) is 2.01. The van der Waals surface area contributed by atoms with E-state index >= 15 is 0 Å². The molecule has 6 heteroatoms. The van der Waals surface area contributed by atoms with Crippen LogP contribution in [0.4, 0.5) is 10.1 Å². The van der Waals surface area contributed by atoms with Crippen LogP contribution in [-0.4, -0.2) is 15.9 Å². The number of hydrogen-bond acceptors (Lipinski definition) is 3. The Morgan fingerprint density at radius 2 is 2.00 bits per heavy atom. The number of halogens is 1. The second-order valence-electron chi connectivity index (χ2n) is 3.26. The maximum Gasteiger partial charge on any atom is 0.275 e. The summed E-state index contributed by atoms with van der Waals surface area (Å²) in [4.78, 5) is 28.4. The molecular weight excluding hydrogens is 225 g/mol. The number of hydrogen-bond donors (Lipinski definition) is 2. The summed E-state index contributed by atoms with van der Waals surface area (Å²) < 4.78 is 12.6. The number of aromatic amines is 1. The minimum atomic E-state index is -0.479. The molecule has 0 unspecified atom stereocenters. The molecular formula is C11H8FN3O2. The molecule has 2 rings (SSSR count). The minimum absolute atomic E-state index is 0.0777. The summed E-state index contributed by atoms with van der Waals surface area (Å²) in [5.74, 6) is -0.863. The van der Waals surface area contributed by atoms with Crippen molar-refractivity contribution < 1.29 is 9.18 Å². The molecule has 0 aliphatic carbocycles. The Morgan fingerprint density at radius 1 is 1.29 bits per heavy atom. The van der Waals surface area contributed by atoms with Gasteiger partial charge < -0.3 is 10.3 Å². The molecule has 2 aromatic rings. The van der Waals surface area contributed by atoms with Crippen molar-refractivity contribution in [3.8, 4) is 0 Å². The van der Waals surface area contributed by atoms with Crippen molar-refractivity contribution >= 4 is 11.6 Å². The van der Waals surface area contributed by atoms with Gasteiger partial charge in [0.05, 0.1) is 6.20 Å². The Morgan fingerprint density at radius 3 is 2.59 bits per heavy atom. The van der Waals surface area contributed by atoms with E-state index in [9.17, 15) is 14.0 Å². The van der Waals surface area contributed by atoms with Crippen LogP contribution in [-0.2, 0) is 0 Å². The van der Waals surface area contributed by atoms with Gasteiger partial charge in [0, 0.05) is 11.9 Å². The summed E-state index contributed by atoms with van der Waals surface area (Å²) in [5.41, 5.74) is 0.140. The van der Waals surface area contributed by atoms with Crippen molar-refractivity contribution in [2.24, 2.45) is 0 Å². The summed E-state index contributed by atoms with van der Waals surface area (Å²) in [5, 5.41) is 2.51. The van der Waals surface area contributed by atoms with Gasteiger partial charge in [-0.3, -0.25) is 9.59 Å². The van der Waals surface area contributed by atoms with Crippen molar-refractivity contribution in [3.05, 3.63) is 58.5 Å². The van der Waals surface area contributed by atoms with Gasteiger partial charge in [0.2, 0.25) is 0 Å². The molecule has 0 atom stereocenters. The fraction of sp³-hybridized carbons (Fsp3) is 0. The highest BCUT2D eigenvalue weighted by atomic mass is 19.1. The van der Waals surface area contributed by atoms with E-state index in [2.05, 4.69) is 15.3 Å². The predicted molar refractivity (Wildman–Crippen MR) is 59.2 cm³/mol. The summed E-state index contributed by atoms with van der Waals surface area (Å²) in [6, 6.07) is 5.32. The SMILES string of the molecule is O=C(Nc1ccc(F)cc1)c1c[nH]c(=O)cn1. The fourth-order valence-electron chi connectivity index (χ4n) is 1.19. The molecule has 0 aliphatic heterocycles. The van der Waals surface area contributed by atoms with Crippen molar-refractivity contribution in [1.82, 2.24) is 9.97 Å².